The van der Waals surface area contributed by atoms with Crippen LogP contribution >= 0.6 is 11.3 Å². The summed E-state index contributed by atoms with van der Waals surface area (Å²) in [6.45, 7) is 5.38. The molecule has 1 aliphatic heterocycles. The second kappa shape index (κ2) is 5.43. The van der Waals surface area contributed by atoms with E-state index in [-0.39, 0.29) is 33.2 Å². The molecule has 2 aromatic rings. The van der Waals surface area contributed by atoms with Gasteiger partial charge in [0.1, 0.15) is 10.9 Å². The Balaban J connectivity index is 2.20. The van der Waals surface area contributed by atoms with Crippen LogP contribution in [-0.2, 0) is 4.74 Å². The number of anilines is 1. The van der Waals surface area contributed by atoms with Crippen LogP contribution in [0.1, 0.15) is 39.8 Å². The van der Waals surface area contributed by atoms with Crippen LogP contribution < -0.4 is 16.2 Å². The molecule has 1 saturated heterocycles. The summed E-state index contributed by atoms with van der Waals surface area (Å²) in [5.41, 5.74) is 4.33. The van der Waals surface area contributed by atoms with Crippen molar-refractivity contribution in [1.82, 2.24) is 14.5 Å². The topological polar surface area (TPSA) is 123 Å². The lowest BCUT2D eigenvalue weighted by molar-refractivity contribution is -0.0657. The lowest BCUT2D eigenvalue weighted by atomic mass is 9.86. The number of ether oxygens (including phenoxy) is 1. The highest BCUT2D eigenvalue weighted by Crippen LogP contribution is 2.42. The summed E-state index contributed by atoms with van der Waals surface area (Å²) in [7, 11) is 0. The van der Waals surface area contributed by atoms with E-state index < -0.39 is 17.4 Å². The summed E-state index contributed by atoms with van der Waals surface area (Å²) in [5.74, 6) is -0.343. The Bertz CT molecular complexity index is 847. The van der Waals surface area contributed by atoms with Crippen molar-refractivity contribution in [1.29, 1.82) is 0 Å². The largest absolute Gasteiger partial charge is 0.390 e. The van der Waals surface area contributed by atoms with Gasteiger partial charge in [0.2, 0.25) is 5.95 Å². The van der Waals surface area contributed by atoms with Gasteiger partial charge in [-0.15, -0.1) is 0 Å². The van der Waals surface area contributed by atoms with Crippen LogP contribution in [0.3, 0.4) is 0 Å². The number of nitrogen functional groups attached to an aromatic ring is 1. The second-order valence-corrected chi connectivity index (χ2v) is 7.36. The first-order valence-corrected chi connectivity index (χ1v) is 8.32. The van der Waals surface area contributed by atoms with Crippen LogP contribution in [-0.4, -0.2) is 31.3 Å². The lowest BCUT2D eigenvalue weighted by Crippen LogP contribution is -2.37. The maximum Gasteiger partial charge on any atom is 0.311 e. The van der Waals surface area contributed by atoms with Crippen LogP contribution in [0.2, 0.25) is 0 Å². The number of rotatable bonds is 3. The molecule has 8 nitrogen and oxygen atoms in total. The maximum atomic E-state index is 12.4. The summed E-state index contributed by atoms with van der Waals surface area (Å²) >= 11 is 0.806. The number of aliphatic hydroxyl groups is 1. The van der Waals surface area contributed by atoms with Gasteiger partial charge in [0.05, 0.1) is 11.7 Å². The van der Waals surface area contributed by atoms with Crippen LogP contribution in [0.4, 0.5) is 5.95 Å². The number of aromatic nitrogens is 3. The van der Waals surface area contributed by atoms with Crippen LogP contribution in [0.25, 0.3) is 10.3 Å². The smallest absolute Gasteiger partial charge is 0.311 e. The number of aromatic amines is 1. The molecular weight excluding hydrogens is 320 g/mol. The molecule has 3 atom stereocenters. The Hall–Kier alpha value is -1.71. The fourth-order valence-corrected chi connectivity index (χ4v) is 3.90. The lowest BCUT2D eigenvalue weighted by Gasteiger charge is -2.29. The van der Waals surface area contributed by atoms with Gasteiger partial charge in [-0.25, -0.2) is 0 Å². The molecule has 126 valence electrons. The molecule has 23 heavy (non-hydrogen) atoms. The van der Waals surface area contributed by atoms with E-state index in [4.69, 9.17) is 10.5 Å². The normalized spacial score (nSPS) is 25.3. The Morgan fingerprint density at radius 1 is 1.52 bits per heavy atom. The minimum absolute atomic E-state index is 0.0566. The number of nitrogens with two attached hydrogens (primary N) is 1. The molecule has 3 rings (SSSR count). The average molecular weight is 340 g/mol. The summed E-state index contributed by atoms with van der Waals surface area (Å²) in [6.07, 6.45) is 0.677. The van der Waals surface area contributed by atoms with Crippen molar-refractivity contribution in [3.05, 3.63) is 20.0 Å². The number of H-pyrrole nitrogens is 1. The highest BCUT2D eigenvalue weighted by atomic mass is 32.1. The van der Waals surface area contributed by atoms with E-state index in [1.165, 1.54) is 4.57 Å². The Kier molecular flexibility index (Phi) is 3.81. The number of nitrogens with one attached hydrogen (secondary N) is 1. The first-order chi connectivity index (χ1) is 10.7. The first-order valence-electron chi connectivity index (χ1n) is 7.51. The van der Waals surface area contributed by atoms with Gasteiger partial charge in [0, 0.05) is 5.92 Å². The Morgan fingerprint density at radius 2 is 2.22 bits per heavy atom. The van der Waals surface area contributed by atoms with Crippen LogP contribution in [0.5, 0.6) is 0 Å². The van der Waals surface area contributed by atoms with Gasteiger partial charge in [-0.1, -0.05) is 18.3 Å². The number of thiazole rings is 1. The van der Waals surface area contributed by atoms with E-state index in [1.54, 1.807) is 13.8 Å². The molecule has 0 radical (unpaired) electrons. The van der Waals surface area contributed by atoms with Crippen molar-refractivity contribution in [2.45, 2.75) is 51.5 Å². The zero-order valence-corrected chi connectivity index (χ0v) is 14.0. The minimum atomic E-state index is -1.03. The third kappa shape index (κ3) is 2.68. The molecule has 0 aromatic carbocycles. The highest BCUT2D eigenvalue weighted by molar-refractivity contribution is 7.16. The quantitative estimate of drug-likeness (QED) is 0.760. The molecule has 0 spiro atoms. The first kappa shape index (κ1) is 16.2. The maximum absolute atomic E-state index is 12.4. The van der Waals surface area contributed by atoms with Gasteiger partial charge in [0.15, 0.2) is 5.65 Å². The van der Waals surface area contributed by atoms with Crippen molar-refractivity contribution in [2.75, 3.05) is 5.73 Å². The molecule has 0 aliphatic carbocycles. The molecular formula is C14H20N4O4S. The number of hydrogen-bond acceptors (Lipinski definition) is 7. The molecule has 4 N–H and O–H groups in total. The molecule has 1 fully saturated rings. The number of nitrogens with zero attached hydrogens (tertiary/aromatic N) is 2. The average Bonchev–Trinajstić information content (AvgIpc) is 2.99. The summed E-state index contributed by atoms with van der Waals surface area (Å²) in [6, 6.07) is 0. The minimum Gasteiger partial charge on any atom is -0.390 e. The summed E-state index contributed by atoms with van der Waals surface area (Å²) in [5, 5.41) is 10.5. The van der Waals surface area contributed by atoms with Gasteiger partial charge in [-0.05, 0) is 26.7 Å². The highest BCUT2D eigenvalue weighted by Gasteiger charge is 2.45. The Labute approximate surface area is 135 Å². The van der Waals surface area contributed by atoms with Crippen molar-refractivity contribution in [3.8, 4) is 0 Å². The number of hydrogen-bond donors (Lipinski definition) is 3. The van der Waals surface area contributed by atoms with Crippen molar-refractivity contribution >= 4 is 27.6 Å². The van der Waals surface area contributed by atoms with Crippen LogP contribution in [0.15, 0.2) is 9.59 Å². The fraction of sp³-hybridized carbons (Fsp3) is 0.643. The van der Waals surface area contributed by atoms with Gasteiger partial charge < -0.3 is 15.6 Å². The van der Waals surface area contributed by atoms with Crippen molar-refractivity contribution in [2.24, 2.45) is 5.92 Å². The van der Waals surface area contributed by atoms with E-state index in [0.717, 1.165) is 17.8 Å². The zero-order chi connectivity index (χ0) is 16.9. The van der Waals surface area contributed by atoms with Crippen LogP contribution in [0, 0.1) is 5.92 Å². The Morgan fingerprint density at radius 3 is 2.83 bits per heavy atom. The predicted octanol–water partition coefficient (Wildman–Crippen LogP) is 0.813. The number of fused-ring (bicyclic) bond motifs is 1. The van der Waals surface area contributed by atoms with E-state index in [9.17, 15) is 14.7 Å². The predicted molar refractivity (Wildman–Crippen MR) is 87.5 cm³/mol. The zero-order valence-electron chi connectivity index (χ0n) is 13.2. The molecule has 0 bridgehead atoms. The second-order valence-electron chi connectivity index (χ2n) is 6.39. The SMILES string of the molecule is CC[C@@H]1C[C@@H](C(C)(C)O)[C@H](n2c(=O)sc3c(=O)[nH]c(N)nc32)O1. The van der Waals surface area contributed by atoms with Gasteiger partial charge in [-0.3, -0.25) is 19.1 Å². The van der Waals surface area contributed by atoms with Gasteiger partial charge >= 0.3 is 4.87 Å². The van der Waals surface area contributed by atoms with E-state index in [1.807, 2.05) is 6.92 Å². The third-order valence-electron chi connectivity index (χ3n) is 4.30. The van der Waals surface area contributed by atoms with E-state index >= 15 is 0 Å². The third-order valence-corrected chi connectivity index (χ3v) is 5.25. The fourth-order valence-electron chi connectivity index (χ4n) is 3.06. The van der Waals surface area contributed by atoms with Gasteiger partial charge in [-0.2, -0.15) is 4.98 Å². The summed E-state index contributed by atoms with van der Waals surface area (Å²) in [4.78, 5) is 30.6. The van der Waals surface area contributed by atoms with Gasteiger partial charge in [0.25, 0.3) is 5.56 Å². The molecule has 2 aromatic heterocycles. The molecule has 3 heterocycles. The molecule has 1 aliphatic rings. The van der Waals surface area contributed by atoms with E-state index in [0.29, 0.717) is 6.42 Å². The standard InChI is InChI=1S/C14H20N4O4S/c1-4-6-5-7(14(2,3)21)11(22-6)18-9-8(23-13(18)20)10(19)17-12(15)16-9/h6-7,11,21H,4-5H2,1-3H3,(H3,15,16,17,19)/t6-,7-,11-/m1/s1. The molecule has 0 saturated carbocycles. The molecule has 0 unspecified atom stereocenters. The summed E-state index contributed by atoms with van der Waals surface area (Å²) < 4.78 is 7.54. The molecule has 9 heteroatoms. The molecule has 0 amide bonds. The van der Waals surface area contributed by atoms with E-state index in [2.05, 4.69) is 9.97 Å². The van der Waals surface area contributed by atoms with Crippen molar-refractivity contribution < 1.29 is 9.84 Å². The van der Waals surface area contributed by atoms with Crippen molar-refractivity contribution in [3.63, 3.8) is 0 Å². The monoisotopic (exact) mass is 340 g/mol.